The molecule has 0 spiro atoms. The van der Waals surface area contributed by atoms with Crippen molar-refractivity contribution < 1.29 is 23.7 Å². The Kier molecular flexibility index (Phi) is 8.29. The zero-order chi connectivity index (χ0) is 26.9. The number of carbonyl (C=O) groups excluding carboxylic acids is 2. The van der Waals surface area contributed by atoms with Crippen molar-refractivity contribution in [3.8, 4) is 17.1 Å². The van der Waals surface area contributed by atoms with Gasteiger partial charge in [-0.15, -0.1) is 0 Å². The van der Waals surface area contributed by atoms with Gasteiger partial charge in [0.25, 0.3) is 17.5 Å². The number of benzene rings is 2. The molecule has 0 aliphatic rings. The molecule has 2 aromatic heterocycles. The van der Waals surface area contributed by atoms with Crippen LogP contribution >= 0.6 is 0 Å². The Balaban J connectivity index is 1.54. The van der Waals surface area contributed by atoms with E-state index in [9.17, 15) is 19.7 Å². The summed E-state index contributed by atoms with van der Waals surface area (Å²) in [6.07, 6.45) is 7.21. The van der Waals surface area contributed by atoms with Gasteiger partial charge in [-0.1, -0.05) is 12.1 Å². The first kappa shape index (κ1) is 25.9. The fraction of sp³-hybridized carbons (Fsp3) is 0.148. The largest absolute Gasteiger partial charge is 0.497 e. The molecule has 2 amide bonds. The summed E-state index contributed by atoms with van der Waals surface area (Å²) < 4.78 is 12.8. The second-order valence-electron chi connectivity index (χ2n) is 8.13. The molecule has 0 saturated carbocycles. The van der Waals surface area contributed by atoms with Crippen LogP contribution in [0, 0.1) is 10.1 Å². The van der Waals surface area contributed by atoms with Gasteiger partial charge in [-0.3, -0.25) is 19.7 Å². The van der Waals surface area contributed by atoms with E-state index in [1.807, 2.05) is 10.8 Å². The number of nitrogens with zero attached hydrogens (tertiary/aromatic N) is 3. The maximum absolute atomic E-state index is 13.0. The maximum Gasteiger partial charge on any atom is 0.280 e. The Bertz CT molecular complexity index is 1440. The minimum atomic E-state index is -0.513. The normalized spacial score (nSPS) is 11.1. The van der Waals surface area contributed by atoms with Crippen molar-refractivity contribution in [2.45, 2.75) is 13.0 Å². The fourth-order valence-electron chi connectivity index (χ4n) is 3.63. The zero-order valence-corrected chi connectivity index (χ0v) is 20.5. The molecule has 11 heteroatoms. The highest BCUT2D eigenvalue weighted by Gasteiger charge is 2.19. The van der Waals surface area contributed by atoms with Gasteiger partial charge < -0.3 is 24.4 Å². The summed E-state index contributed by atoms with van der Waals surface area (Å²) in [4.78, 5) is 40.8. The molecule has 0 radical (unpaired) electrons. The summed E-state index contributed by atoms with van der Waals surface area (Å²) in [5.74, 6) is 0.0621. The van der Waals surface area contributed by atoms with E-state index in [-0.39, 0.29) is 22.9 Å². The number of rotatable bonds is 11. The summed E-state index contributed by atoms with van der Waals surface area (Å²) in [5, 5.41) is 16.8. The molecule has 194 valence electrons. The first-order chi connectivity index (χ1) is 18.4. The number of nitro groups is 1. The van der Waals surface area contributed by atoms with Crippen LogP contribution in [0.5, 0.6) is 5.75 Å². The molecule has 2 N–H and O–H groups in total. The summed E-state index contributed by atoms with van der Waals surface area (Å²) in [6.45, 7) is 1.02. The monoisotopic (exact) mass is 515 g/mol. The minimum Gasteiger partial charge on any atom is -0.497 e. The van der Waals surface area contributed by atoms with Crippen LogP contribution < -0.4 is 15.4 Å². The van der Waals surface area contributed by atoms with Crippen LogP contribution in [-0.2, 0) is 11.3 Å². The van der Waals surface area contributed by atoms with E-state index in [0.717, 1.165) is 0 Å². The predicted molar refractivity (Wildman–Crippen MR) is 139 cm³/mol. The number of hydrogen-bond acceptors (Lipinski definition) is 7. The highest BCUT2D eigenvalue weighted by molar-refractivity contribution is 6.05. The number of nitro benzene ring substituents is 1. The average molecular weight is 516 g/mol. The first-order valence-electron chi connectivity index (χ1n) is 11.7. The lowest BCUT2D eigenvalue weighted by molar-refractivity contribution is -0.384. The molecule has 0 bridgehead atoms. The number of para-hydroxylation sites is 1. The number of furan rings is 1. The Labute approximate surface area is 217 Å². The van der Waals surface area contributed by atoms with Crippen molar-refractivity contribution in [2.75, 3.05) is 13.7 Å². The van der Waals surface area contributed by atoms with E-state index in [4.69, 9.17) is 9.15 Å². The Morgan fingerprint density at radius 3 is 2.63 bits per heavy atom. The third-order valence-corrected chi connectivity index (χ3v) is 5.56. The summed E-state index contributed by atoms with van der Waals surface area (Å²) >= 11 is 0. The van der Waals surface area contributed by atoms with Gasteiger partial charge in [-0.05, 0) is 48.9 Å². The van der Waals surface area contributed by atoms with Crippen LogP contribution in [0.15, 0.2) is 89.5 Å². The number of aromatic nitrogens is 2. The number of methoxy groups -OCH3 is 1. The van der Waals surface area contributed by atoms with E-state index in [0.29, 0.717) is 36.4 Å². The van der Waals surface area contributed by atoms with Gasteiger partial charge >= 0.3 is 0 Å². The molecule has 11 nitrogen and oxygen atoms in total. The van der Waals surface area contributed by atoms with Crippen LogP contribution in [0.25, 0.3) is 17.4 Å². The summed E-state index contributed by atoms with van der Waals surface area (Å²) in [5.41, 5.74) is 0.465. The Hall–Kier alpha value is -5.19. The van der Waals surface area contributed by atoms with Crippen molar-refractivity contribution in [3.63, 3.8) is 0 Å². The predicted octanol–water partition coefficient (Wildman–Crippen LogP) is 4.04. The first-order valence-corrected chi connectivity index (χ1v) is 11.7. The third kappa shape index (κ3) is 6.52. The molecule has 38 heavy (non-hydrogen) atoms. The number of hydrogen-bond donors (Lipinski definition) is 2. The van der Waals surface area contributed by atoms with Crippen molar-refractivity contribution in [1.29, 1.82) is 0 Å². The molecule has 0 fully saturated rings. The molecule has 0 saturated heterocycles. The molecule has 0 aliphatic carbocycles. The molecule has 2 aromatic carbocycles. The third-order valence-electron chi connectivity index (χ3n) is 5.56. The van der Waals surface area contributed by atoms with Crippen molar-refractivity contribution >= 4 is 23.6 Å². The van der Waals surface area contributed by atoms with E-state index in [1.54, 1.807) is 67.1 Å². The van der Waals surface area contributed by atoms with Gasteiger partial charge in [0.05, 0.1) is 23.9 Å². The quantitative estimate of drug-likeness (QED) is 0.133. The molecule has 0 aliphatic heterocycles. The maximum atomic E-state index is 13.0. The minimum absolute atomic E-state index is 0.0445. The zero-order valence-electron chi connectivity index (χ0n) is 20.5. The van der Waals surface area contributed by atoms with Crippen molar-refractivity contribution in [1.82, 2.24) is 20.2 Å². The Morgan fingerprint density at radius 1 is 1.13 bits per heavy atom. The SMILES string of the molecule is COc1ccc(C(=O)NC(=Cc2ccc(-c3ccccc3[N+](=O)[O-])o2)C(=O)NCCCn2ccnc2)cc1. The molecule has 4 rings (SSSR count). The molecular weight excluding hydrogens is 490 g/mol. The average Bonchev–Trinajstić information content (AvgIpc) is 3.63. The van der Waals surface area contributed by atoms with E-state index < -0.39 is 16.7 Å². The van der Waals surface area contributed by atoms with Gasteiger partial charge in [0.1, 0.15) is 23.0 Å². The molecule has 0 unspecified atom stereocenters. The van der Waals surface area contributed by atoms with Crippen LogP contribution in [0.2, 0.25) is 0 Å². The number of aryl methyl sites for hydroxylation is 1. The number of nitrogens with one attached hydrogen (secondary N) is 2. The van der Waals surface area contributed by atoms with Gasteiger partial charge in [-0.2, -0.15) is 0 Å². The molecule has 2 heterocycles. The van der Waals surface area contributed by atoms with E-state index >= 15 is 0 Å². The van der Waals surface area contributed by atoms with Crippen LogP contribution in [0.3, 0.4) is 0 Å². The Morgan fingerprint density at radius 2 is 1.92 bits per heavy atom. The second kappa shape index (κ2) is 12.2. The molecule has 4 aromatic rings. The lowest BCUT2D eigenvalue weighted by Crippen LogP contribution is -2.35. The number of imidazole rings is 1. The van der Waals surface area contributed by atoms with Gasteiger partial charge in [0.15, 0.2) is 0 Å². The van der Waals surface area contributed by atoms with Crippen LogP contribution in [0.4, 0.5) is 5.69 Å². The van der Waals surface area contributed by atoms with Crippen molar-refractivity contribution in [3.05, 3.63) is 107 Å². The van der Waals surface area contributed by atoms with Gasteiger partial charge in [-0.25, -0.2) is 4.98 Å². The summed E-state index contributed by atoms with van der Waals surface area (Å²) in [6, 6.07) is 15.8. The fourth-order valence-corrected chi connectivity index (χ4v) is 3.63. The van der Waals surface area contributed by atoms with Gasteiger partial charge in [0.2, 0.25) is 0 Å². The van der Waals surface area contributed by atoms with E-state index in [1.165, 1.54) is 19.3 Å². The van der Waals surface area contributed by atoms with Crippen molar-refractivity contribution in [2.24, 2.45) is 0 Å². The highest BCUT2D eigenvalue weighted by atomic mass is 16.6. The number of carbonyl (C=O) groups is 2. The van der Waals surface area contributed by atoms with Crippen LogP contribution in [0.1, 0.15) is 22.5 Å². The van der Waals surface area contributed by atoms with Crippen LogP contribution in [-0.4, -0.2) is 39.9 Å². The van der Waals surface area contributed by atoms with Gasteiger partial charge in [0, 0.05) is 43.2 Å². The lowest BCUT2D eigenvalue weighted by Gasteiger charge is -2.11. The smallest absolute Gasteiger partial charge is 0.280 e. The standard InChI is InChI=1S/C27H25N5O6/c1-37-20-9-7-19(8-10-20)26(33)30-23(27(34)29-13-4-15-31-16-14-28-18-31)17-21-11-12-25(38-21)22-5-2-3-6-24(22)32(35)36/h2-3,5-12,14,16-18H,4,13,15H2,1H3,(H,29,34)(H,30,33). The van der Waals surface area contributed by atoms with E-state index in [2.05, 4.69) is 15.6 Å². The topological polar surface area (TPSA) is 142 Å². The number of ether oxygens (including phenoxy) is 1. The summed E-state index contributed by atoms with van der Waals surface area (Å²) in [7, 11) is 1.52. The molecular formula is C27H25N5O6. The molecule has 0 atom stereocenters. The number of amides is 2. The second-order valence-corrected chi connectivity index (χ2v) is 8.13. The highest BCUT2D eigenvalue weighted by Crippen LogP contribution is 2.31. The lowest BCUT2D eigenvalue weighted by atomic mass is 10.1.